The predicted molar refractivity (Wildman–Crippen MR) is 123 cm³/mol. The molecule has 1 atom stereocenters. The molecule has 2 heterocycles. The van der Waals surface area contributed by atoms with Crippen molar-refractivity contribution < 1.29 is 18.7 Å². The van der Waals surface area contributed by atoms with E-state index in [2.05, 4.69) is 16.1 Å². The number of nitrogens with zero attached hydrogens (tertiary/aromatic N) is 2. The monoisotopic (exact) mass is 435 g/mol. The molecule has 1 saturated carbocycles. The number of hydrogen-bond acceptors (Lipinski definition) is 7. The van der Waals surface area contributed by atoms with Gasteiger partial charge in [-0.2, -0.15) is 0 Å². The first kappa shape index (κ1) is 20.7. The number of ether oxygens (including phenoxy) is 2. The topological polar surface area (TPSA) is 82.5 Å². The second-order valence-electron chi connectivity index (χ2n) is 8.47. The van der Waals surface area contributed by atoms with E-state index in [-0.39, 0.29) is 0 Å². The van der Waals surface area contributed by atoms with Crippen molar-refractivity contribution in [1.29, 1.82) is 0 Å². The van der Waals surface area contributed by atoms with Gasteiger partial charge in [-0.3, -0.25) is 0 Å². The molecule has 7 heteroatoms. The van der Waals surface area contributed by atoms with Crippen molar-refractivity contribution in [2.45, 2.75) is 38.0 Å². The van der Waals surface area contributed by atoms with Crippen LogP contribution in [0.2, 0.25) is 0 Å². The second kappa shape index (κ2) is 8.39. The molecule has 1 fully saturated rings. The normalized spacial score (nSPS) is 21.1. The van der Waals surface area contributed by atoms with Gasteiger partial charge in [0, 0.05) is 28.5 Å². The second-order valence-corrected chi connectivity index (χ2v) is 8.47. The fraction of sp³-hybridized carbons (Fsp3) is 0.400. The van der Waals surface area contributed by atoms with Crippen LogP contribution in [-0.2, 0) is 11.4 Å². The lowest BCUT2D eigenvalue weighted by atomic mass is 9.91. The lowest BCUT2D eigenvalue weighted by Gasteiger charge is -2.41. The Hall–Kier alpha value is -3.19. The van der Waals surface area contributed by atoms with Gasteiger partial charge in [-0.05, 0) is 49.2 Å². The van der Waals surface area contributed by atoms with Gasteiger partial charge in [-0.1, -0.05) is 18.0 Å². The number of methoxy groups -OCH3 is 2. The minimum atomic E-state index is -0.678. The zero-order chi connectivity index (χ0) is 22.1. The van der Waals surface area contributed by atoms with Gasteiger partial charge in [-0.15, -0.1) is 0 Å². The summed E-state index contributed by atoms with van der Waals surface area (Å²) in [6.45, 7) is 0.917. The van der Waals surface area contributed by atoms with E-state index in [9.17, 15) is 0 Å². The summed E-state index contributed by atoms with van der Waals surface area (Å²) in [4.78, 5) is 8.47. The quantitative estimate of drug-likeness (QED) is 0.589. The van der Waals surface area contributed by atoms with Gasteiger partial charge >= 0.3 is 0 Å². The van der Waals surface area contributed by atoms with E-state index in [1.165, 1.54) is 12.8 Å². The number of rotatable bonds is 7. The lowest BCUT2D eigenvalue weighted by Crippen LogP contribution is -2.57. The average molecular weight is 436 g/mol. The predicted octanol–water partition coefficient (Wildman–Crippen LogP) is 4.49. The number of furan rings is 1. The Morgan fingerprint density at radius 1 is 1.09 bits per heavy atom. The van der Waals surface area contributed by atoms with Gasteiger partial charge in [0.15, 0.2) is 5.84 Å². The third kappa shape index (κ3) is 3.37. The summed E-state index contributed by atoms with van der Waals surface area (Å²) in [5.41, 5.74) is 8.58. The van der Waals surface area contributed by atoms with Crippen LogP contribution >= 0.6 is 0 Å². The number of oxime groups is 1. The van der Waals surface area contributed by atoms with Crippen molar-refractivity contribution >= 4 is 16.8 Å². The summed E-state index contributed by atoms with van der Waals surface area (Å²) in [6.07, 6.45) is 6.23. The molecule has 0 bridgehead atoms. The van der Waals surface area contributed by atoms with Gasteiger partial charge in [0.1, 0.15) is 17.1 Å². The largest absolute Gasteiger partial charge is 0.497 e. The fourth-order valence-corrected chi connectivity index (χ4v) is 5.06. The Kier molecular flexibility index (Phi) is 5.43. The highest BCUT2D eigenvalue weighted by atomic mass is 16.7. The zero-order valence-electron chi connectivity index (χ0n) is 18.5. The van der Waals surface area contributed by atoms with Crippen LogP contribution in [0.5, 0.6) is 11.5 Å². The van der Waals surface area contributed by atoms with E-state index in [1.807, 2.05) is 36.4 Å². The standard InChI is InChI=1S/C25H29N3O4/c1-29-21-9-7-19(23(14-21)30-2)15-28-24(18-8-10-22-17(13-18)11-12-31-22)27-32-25(28,16-26)20-5-3-4-6-20/h7-14,20H,3-6,15-16,26H2,1-2H3. The summed E-state index contributed by atoms with van der Waals surface area (Å²) in [7, 11) is 3.33. The zero-order valence-corrected chi connectivity index (χ0v) is 18.5. The molecule has 0 spiro atoms. The van der Waals surface area contributed by atoms with Crippen LogP contribution < -0.4 is 15.2 Å². The molecule has 7 nitrogen and oxygen atoms in total. The molecule has 1 aromatic heterocycles. The number of benzene rings is 2. The van der Waals surface area contributed by atoms with Crippen LogP contribution in [0.15, 0.2) is 58.3 Å². The van der Waals surface area contributed by atoms with Crippen molar-refractivity contribution in [2.24, 2.45) is 16.8 Å². The van der Waals surface area contributed by atoms with Gasteiger partial charge < -0.3 is 29.4 Å². The maximum atomic E-state index is 6.42. The third-order valence-corrected chi connectivity index (χ3v) is 6.82. The van der Waals surface area contributed by atoms with Crippen LogP contribution in [0.3, 0.4) is 0 Å². The third-order valence-electron chi connectivity index (χ3n) is 6.82. The van der Waals surface area contributed by atoms with Crippen molar-refractivity contribution in [3.05, 3.63) is 59.9 Å². The molecule has 0 saturated heterocycles. The molecular formula is C25H29N3O4. The van der Waals surface area contributed by atoms with Crippen molar-refractivity contribution in [2.75, 3.05) is 20.8 Å². The first-order valence-corrected chi connectivity index (χ1v) is 11.1. The molecule has 2 aromatic carbocycles. The fourth-order valence-electron chi connectivity index (χ4n) is 5.06. The summed E-state index contributed by atoms with van der Waals surface area (Å²) in [5.74, 6) is 2.61. The Balaban J connectivity index is 1.57. The van der Waals surface area contributed by atoms with E-state index in [1.54, 1.807) is 20.5 Å². The lowest BCUT2D eigenvalue weighted by molar-refractivity contribution is -0.134. The van der Waals surface area contributed by atoms with Crippen molar-refractivity contribution in [1.82, 2.24) is 4.90 Å². The SMILES string of the molecule is COc1ccc(CN2C(c3ccc4occc4c3)=NOC2(CN)C2CCCC2)c(OC)c1. The number of fused-ring (bicyclic) bond motifs is 1. The highest BCUT2D eigenvalue weighted by Crippen LogP contribution is 2.43. The van der Waals surface area contributed by atoms with Crippen LogP contribution in [0.1, 0.15) is 36.8 Å². The van der Waals surface area contributed by atoms with Crippen LogP contribution in [0.25, 0.3) is 11.0 Å². The minimum absolute atomic E-state index is 0.315. The highest BCUT2D eigenvalue weighted by Gasteiger charge is 2.52. The van der Waals surface area contributed by atoms with Crippen LogP contribution in [-0.4, -0.2) is 37.2 Å². The van der Waals surface area contributed by atoms with Crippen molar-refractivity contribution in [3.8, 4) is 11.5 Å². The molecule has 2 aliphatic rings. The van der Waals surface area contributed by atoms with Crippen molar-refractivity contribution in [3.63, 3.8) is 0 Å². The summed E-state index contributed by atoms with van der Waals surface area (Å²) < 4.78 is 16.6. The Morgan fingerprint density at radius 2 is 1.94 bits per heavy atom. The summed E-state index contributed by atoms with van der Waals surface area (Å²) >= 11 is 0. The first-order valence-electron chi connectivity index (χ1n) is 11.1. The molecule has 1 unspecified atom stereocenters. The summed E-state index contributed by atoms with van der Waals surface area (Å²) in [5, 5.41) is 5.63. The average Bonchev–Trinajstić information content (AvgIpc) is 3.59. The Morgan fingerprint density at radius 3 is 2.69 bits per heavy atom. The smallest absolute Gasteiger partial charge is 0.226 e. The van der Waals surface area contributed by atoms with E-state index in [4.69, 9.17) is 24.5 Å². The molecule has 5 rings (SSSR count). The van der Waals surface area contributed by atoms with E-state index >= 15 is 0 Å². The molecular weight excluding hydrogens is 406 g/mol. The maximum absolute atomic E-state index is 6.42. The molecule has 1 aliphatic heterocycles. The molecule has 1 aliphatic carbocycles. The molecule has 0 radical (unpaired) electrons. The van der Waals surface area contributed by atoms with Gasteiger partial charge in [0.25, 0.3) is 0 Å². The Labute approximate surface area is 187 Å². The van der Waals surface area contributed by atoms with Gasteiger partial charge in [-0.25, -0.2) is 0 Å². The molecule has 32 heavy (non-hydrogen) atoms. The molecule has 3 aromatic rings. The summed E-state index contributed by atoms with van der Waals surface area (Å²) in [6, 6.07) is 13.9. The molecule has 0 amide bonds. The van der Waals surface area contributed by atoms with Gasteiger partial charge in [0.2, 0.25) is 5.72 Å². The first-order chi connectivity index (χ1) is 15.7. The number of amidine groups is 1. The van der Waals surface area contributed by atoms with Crippen LogP contribution in [0, 0.1) is 5.92 Å². The highest BCUT2D eigenvalue weighted by molar-refractivity contribution is 6.02. The number of hydrogen-bond donors (Lipinski definition) is 1. The molecule has 2 N–H and O–H groups in total. The minimum Gasteiger partial charge on any atom is -0.497 e. The van der Waals surface area contributed by atoms with Gasteiger partial charge in [0.05, 0.1) is 33.6 Å². The number of nitrogens with two attached hydrogens (primary N) is 1. The maximum Gasteiger partial charge on any atom is 0.226 e. The van der Waals surface area contributed by atoms with Crippen LogP contribution in [0.4, 0.5) is 0 Å². The van der Waals surface area contributed by atoms with E-state index in [0.29, 0.717) is 19.0 Å². The van der Waals surface area contributed by atoms with E-state index < -0.39 is 5.72 Å². The molecule has 168 valence electrons. The van der Waals surface area contributed by atoms with E-state index in [0.717, 1.165) is 52.3 Å². The Bertz CT molecular complexity index is 1140.